The normalized spacial score (nSPS) is 22.5. The van der Waals surface area contributed by atoms with E-state index in [4.69, 9.17) is 23.2 Å². The van der Waals surface area contributed by atoms with E-state index in [9.17, 15) is 14.9 Å². The number of hydrogen-bond acceptors (Lipinski definition) is 4. The monoisotopic (exact) mass is 583 g/mol. The Balaban J connectivity index is 1.92. The third kappa shape index (κ3) is 5.62. The number of nitrogens with zero attached hydrogens (tertiary/aromatic N) is 1. The lowest BCUT2D eigenvalue weighted by atomic mass is 9.62. The van der Waals surface area contributed by atoms with Crippen molar-refractivity contribution in [3.63, 3.8) is 0 Å². The van der Waals surface area contributed by atoms with E-state index < -0.39 is 41.0 Å². The van der Waals surface area contributed by atoms with Gasteiger partial charge >= 0.3 is 0 Å². The number of nitrogens with one attached hydrogen (secondary N) is 2. The molecule has 1 saturated heterocycles. The number of hydrogen-bond donors (Lipinski definition) is 2. The third-order valence-corrected chi connectivity index (χ3v) is 7.82. The van der Waals surface area contributed by atoms with Crippen molar-refractivity contribution in [2.24, 2.45) is 5.41 Å². The Kier molecular flexibility index (Phi) is 8.37. The second-order valence-electron chi connectivity index (χ2n) is 11.3. The first-order valence-electron chi connectivity index (χ1n) is 12.8. The zero-order valence-electron chi connectivity index (χ0n) is 22.5. The SMILES string of the molecule is CC(=O)c1ccc(NC(=O)[C@@H]2N[C@@H](CC(C)(C)C)[C@](C#N)(c3ccc(Cl)cc3F)[C@H]2c2cccc(Cl)c2F)cc1. The van der Waals surface area contributed by atoms with Gasteiger partial charge in [0.25, 0.3) is 0 Å². The molecule has 1 fully saturated rings. The highest BCUT2D eigenvalue weighted by molar-refractivity contribution is 6.31. The van der Waals surface area contributed by atoms with Crippen LogP contribution in [0.15, 0.2) is 60.7 Å². The maximum absolute atomic E-state index is 15.7. The molecule has 40 heavy (non-hydrogen) atoms. The smallest absolute Gasteiger partial charge is 0.242 e. The number of ketones is 1. The third-order valence-electron chi connectivity index (χ3n) is 7.29. The molecule has 0 unspecified atom stereocenters. The fraction of sp³-hybridized carbons (Fsp3) is 0.323. The molecule has 1 aliphatic heterocycles. The summed E-state index contributed by atoms with van der Waals surface area (Å²) >= 11 is 12.2. The van der Waals surface area contributed by atoms with E-state index in [1.807, 2.05) is 20.8 Å². The summed E-state index contributed by atoms with van der Waals surface area (Å²) in [5, 5.41) is 16.9. The van der Waals surface area contributed by atoms with Gasteiger partial charge in [0.2, 0.25) is 5.91 Å². The molecule has 2 N–H and O–H groups in total. The van der Waals surface area contributed by atoms with Crippen LogP contribution in [0.5, 0.6) is 0 Å². The van der Waals surface area contributed by atoms with Crippen molar-refractivity contribution in [2.75, 3.05) is 5.32 Å². The summed E-state index contributed by atoms with van der Waals surface area (Å²) in [6.45, 7) is 7.34. The first kappa shape index (κ1) is 29.7. The van der Waals surface area contributed by atoms with Crippen molar-refractivity contribution < 1.29 is 18.4 Å². The zero-order valence-corrected chi connectivity index (χ0v) is 24.0. The minimum absolute atomic E-state index is 0.00615. The van der Waals surface area contributed by atoms with Crippen LogP contribution in [0.4, 0.5) is 14.5 Å². The van der Waals surface area contributed by atoms with Crippen LogP contribution in [-0.2, 0) is 10.2 Å². The van der Waals surface area contributed by atoms with Gasteiger partial charge in [-0.05, 0) is 66.8 Å². The molecule has 0 saturated carbocycles. The average Bonchev–Trinajstić information content (AvgIpc) is 3.19. The highest BCUT2D eigenvalue weighted by Gasteiger charge is 2.61. The second-order valence-corrected chi connectivity index (χ2v) is 12.2. The molecule has 0 aromatic heterocycles. The number of carbonyl (C=O) groups excluding carboxylic acids is 2. The number of carbonyl (C=O) groups is 2. The van der Waals surface area contributed by atoms with Gasteiger partial charge in [-0.2, -0.15) is 5.26 Å². The van der Waals surface area contributed by atoms with Crippen LogP contribution >= 0.6 is 23.2 Å². The minimum atomic E-state index is -1.71. The summed E-state index contributed by atoms with van der Waals surface area (Å²) in [5.41, 5.74) is -1.17. The molecule has 1 heterocycles. The van der Waals surface area contributed by atoms with E-state index in [0.717, 1.165) is 6.07 Å². The van der Waals surface area contributed by atoms with Gasteiger partial charge in [-0.3, -0.25) is 9.59 Å². The molecule has 1 aliphatic rings. The van der Waals surface area contributed by atoms with Crippen LogP contribution in [0, 0.1) is 28.4 Å². The summed E-state index contributed by atoms with van der Waals surface area (Å²) < 4.78 is 31.4. The Morgan fingerprint density at radius 3 is 2.33 bits per heavy atom. The number of nitriles is 1. The van der Waals surface area contributed by atoms with Gasteiger partial charge in [-0.25, -0.2) is 8.78 Å². The highest BCUT2D eigenvalue weighted by atomic mass is 35.5. The lowest BCUT2D eigenvalue weighted by Gasteiger charge is -2.37. The Hall–Kier alpha value is -3.31. The maximum atomic E-state index is 15.7. The minimum Gasteiger partial charge on any atom is -0.325 e. The predicted molar refractivity (Wildman–Crippen MR) is 153 cm³/mol. The van der Waals surface area contributed by atoms with Gasteiger partial charge in [-0.15, -0.1) is 0 Å². The molecular weight excluding hydrogens is 555 g/mol. The van der Waals surface area contributed by atoms with Gasteiger partial charge in [0.05, 0.1) is 17.1 Å². The van der Waals surface area contributed by atoms with E-state index in [1.165, 1.54) is 37.3 Å². The Labute approximate surface area is 242 Å². The highest BCUT2D eigenvalue weighted by Crippen LogP contribution is 2.52. The average molecular weight is 584 g/mol. The lowest BCUT2D eigenvalue weighted by Crippen LogP contribution is -2.45. The molecule has 5 nitrogen and oxygen atoms in total. The number of rotatable bonds is 6. The molecule has 0 bridgehead atoms. The van der Waals surface area contributed by atoms with Gasteiger partial charge < -0.3 is 10.6 Å². The van der Waals surface area contributed by atoms with Crippen molar-refractivity contribution in [3.8, 4) is 6.07 Å². The number of anilines is 1. The van der Waals surface area contributed by atoms with Crippen molar-refractivity contribution in [3.05, 3.63) is 99.0 Å². The first-order chi connectivity index (χ1) is 18.8. The summed E-state index contributed by atoms with van der Waals surface area (Å²) in [4.78, 5) is 25.6. The molecule has 0 spiro atoms. The summed E-state index contributed by atoms with van der Waals surface area (Å²) in [5.74, 6) is -3.37. The maximum Gasteiger partial charge on any atom is 0.242 e. The molecule has 4 atom stereocenters. The van der Waals surface area contributed by atoms with Crippen LogP contribution in [-0.4, -0.2) is 23.8 Å². The lowest BCUT2D eigenvalue weighted by molar-refractivity contribution is -0.118. The molecule has 0 radical (unpaired) electrons. The summed E-state index contributed by atoms with van der Waals surface area (Å²) in [6, 6.07) is 15.1. The number of Topliss-reactive ketones (excluding diaryl/α,β-unsaturated/α-hetero) is 1. The zero-order chi connectivity index (χ0) is 29.4. The Morgan fingerprint density at radius 2 is 1.75 bits per heavy atom. The molecule has 3 aromatic carbocycles. The fourth-order valence-electron chi connectivity index (χ4n) is 5.57. The van der Waals surface area contributed by atoms with Crippen LogP contribution < -0.4 is 10.6 Å². The van der Waals surface area contributed by atoms with Crippen LogP contribution in [0.25, 0.3) is 0 Å². The van der Waals surface area contributed by atoms with Gasteiger partial charge in [0, 0.05) is 33.8 Å². The molecule has 208 valence electrons. The topological polar surface area (TPSA) is 82.0 Å². The van der Waals surface area contributed by atoms with Crippen LogP contribution in [0.2, 0.25) is 10.0 Å². The van der Waals surface area contributed by atoms with Crippen molar-refractivity contribution in [2.45, 2.75) is 57.5 Å². The van der Waals surface area contributed by atoms with E-state index in [2.05, 4.69) is 16.7 Å². The molecule has 1 amide bonds. The quantitative estimate of drug-likeness (QED) is 0.295. The van der Waals surface area contributed by atoms with Crippen molar-refractivity contribution in [1.82, 2.24) is 5.32 Å². The predicted octanol–water partition coefficient (Wildman–Crippen LogP) is 7.43. The first-order valence-corrected chi connectivity index (χ1v) is 13.5. The molecule has 0 aliphatic carbocycles. The Bertz CT molecular complexity index is 1500. The Morgan fingerprint density at radius 1 is 1.07 bits per heavy atom. The number of benzene rings is 3. The second kappa shape index (κ2) is 11.3. The van der Waals surface area contributed by atoms with Crippen LogP contribution in [0.3, 0.4) is 0 Å². The summed E-state index contributed by atoms with van der Waals surface area (Å²) in [7, 11) is 0. The van der Waals surface area contributed by atoms with Gasteiger partial charge in [0.15, 0.2) is 5.78 Å². The van der Waals surface area contributed by atoms with E-state index in [0.29, 0.717) is 17.7 Å². The molecule has 9 heteroatoms. The van der Waals surface area contributed by atoms with Crippen LogP contribution in [0.1, 0.15) is 61.5 Å². The van der Waals surface area contributed by atoms with Gasteiger partial charge in [-0.1, -0.05) is 62.2 Å². The standard InChI is InChI=1S/C31H29Cl2F2N3O2/c1-17(39)18-8-11-20(12-9-18)37-29(40)28-26(21-6-5-7-23(33)27(21)35)31(16-36,25(38-28)15-30(2,3)4)22-13-10-19(32)14-24(22)34/h5-14,25-26,28,38H,15H2,1-4H3,(H,37,40)/t25-,26-,28+,31-/m0/s1. The van der Waals surface area contributed by atoms with E-state index in [-0.39, 0.29) is 32.4 Å². The van der Waals surface area contributed by atoms with Crippen molar-refractivity contribution in [1.29, 1.82) is 5.26 Å². The molecular formula is C31H29Cl2F2N3O2. The number of halogens is 4. The number of amides is 1. The van der Waals surface area contributed by atoms with E-state index >= 15 is 8.78 Å². The summed E-state index contributed by atoms with van der Waals surface area (Å²) in [6.07, 6.45) is 0.360. The molecule has 4 rings (SSSR count). The molecule has 3 aromatic rings. The van der Waals surface area contributed by atoms with Gasteiger partial charge in [0.1, 0.15) is 17.0 Å². The van der Waals surface area contributed by atoms with E-state index in [1.54, 1.807) is 24.3 Å². The largest absolute Gasteiger partial charge is 0.325 e. The fourth-order valence-corrected chi connectivity index (χ4v) is 5.91. The van der Waals surface area contributed by atoms with Crippen molar-refractivity contribution >= 4 is 40.6 Å².